The van der Waals surface area contributed by atoms with Gasteiger partial charge in [-0.05, 0) is 41.9 Å². The minimum Gasteiger partial charge on any atom is -0.432 e. The van der Waals surface area contributed by atoms with E-state index in [2.05, 4.69) is 36.8 Å². The first-order valence-corrected chi connectivity index (χ1v) is 7.22. The van der Waals surface area contributed by atoms with Crippen LogP contribution in [0, 0.1) is 24.0 Å². The van der Waals surface area contributed by atoms with Crippen LogP contribution in [0.25, 0.3) is 0 Å². The summed E-state index contributed by atoms with van der Waals surface area (Å²) in [5.74, 6) is 0.520. The second-order valence-corrected chi connectivity index (χ2v) is 5.92. The summed E-state index contributed by atoms with van der Waals surface area (Å²) in [4.78, 5) is 14.9. The second kappa shape index (κ2) is 5.88. The molecule has 5 nitrogen and oxygen atoms in total. The monoisotopic (exact) mass is 400 g/mol. The maximum atomic E-state index is 11.1. The predicted octanol–water partition coefficient (Wildman–Crippen LogP) is 4.92. The number of rotatable bonds is 3. The molecular weight excluding hydrogens is 392 g/mol. The Balaban J connectivity index is 2.47. The Bertz CT molecular complexity index is 690. The molecule has 0 fully saturated rings. The number of pyridine rings is 1. The number of benzene rings is 1. The van der Waals surface area contributed by atoms with Gasteiger partial charge in [-0.25, -0.2) is 4.98 Å². The highest BCUT2D eigenvalue weighted by Gasteiger charge is 2.20. The molecule has 0 bridgehead atoms. The van der Waals surface area contributed by atoms with Gasteiger partial charge in [0.25, 0.3) is 0 Å². The van der Waals surface area contributed by atoms with Crippen LogP contribution >= 0.6 is 31.9 Å². The maximum absolute atomic E-state index is 11.1. The van der Waals surface area contributed by atoms with E-state index in [4.69, 9.17) is 4.74 Å². The van der Waals surface area contributed by atoms with Gasteiger partial charge in [0.2, 0.25) is 11.6 Å². The minimum absolute atomic E-state index is 0.0979. The van der Waals surface area contributed by atoms with Crippen LogP contribution in [-0.4, -0.2) is 9.91 Å². The van der Waals surface area contributed by atoms with Gasteiger partial charge in [-0.3, -0.25) is 10.1 Å². The van der Waals surface area contributed by atoms with Crippen molar-refractivity contribution in [3.63, 3.8) is 0 Å². The minimum atomic E-state index is -0.473. The average molecular weight is 402 g/mol. The van der Waals surface area contributed by atoms with Gasteiger partial charge in [0, 0.05) is 26.6 Å². The van der Waals surface area contributed by atoms with Crippen LogP contribution in [0.2, 0.25) is 0 Å². The van der Waals surface area contributed by atoms with Crippen LogP contribution in [0.15, 0.2) is 33.2 Å². The van der Waals surface area contributed by atoms with Crippen molar-refractivity contribution in [2.24, 2.45) is 0 Å². The fourth-order valence-electron chi connectivity index (χ4n) is 1.66. The molecule has 0 aliphatic carbocycles. The number of halogens is 2. The molecule has 0 saturated heterocycles. The molecule has 0 radical (unpaired) electrons. The number of hydrogen-bond donors (Lipinski definition) is 0. The van der Waals surface area contributed by atoms with E-state index in [-0.39, 0.29) is 11.4 Å². The van der Waals surface area contributed by atoms with Gasteiger partial charge in [-0.2, -0.15) is 0 Å². The topological polar surface area (TPSA) is 65.3 Å². The van der Waals surface area contributed by atoms with E-state index in [0.29, 0.717) is 15.9 Å². The zero-order valence-corrected chi connectivity index (χ0v) is 13.9. The lowest BCUT2D eigenvalue weighted by molar-refractivity contribution is -0.385. The van der Waals surface area contributed by atoms with Crippen molar-refractivity contribution in [2.75, 3.05) is 0 Å². The Hall–Kier alpha value is -1.47. The van der Waals surface area contributed by atoms with E-state index in [1.807, 2.05) is 6.92 Å². The predicted molar refractivity (Wildman–Crippen MR) is 82.3 cm³/mol. The molecule has 7 heteroatoms. The van der Waals surface area contributed by atoms with Crippen molar-refractivity contribution in [1.29, 1.82) is 0 Å². The van der Waals surface area contributed by atoms with Gasteiger partial charge in [0.1, 0.15) is 0 Å². The molecule has 0 atom stereocenters. The highest BCUT2D eigenvalue weighted by molar-refractivity contribution is 9.10. The fraction of sp³-hybridized carbons (Fsp3) is 0.154. The number of nitro groups is 1. The molecular formula is C13H10Br2N2O3. The Labute approximate surface area is 132 Å². The number of hydrogen-bond acceptors (Lipinski definition) is 4. The largest absolute Gasteiger partial charge is 0.432 e. The first kappa shape index (κ1) is 14.9. The van der Waals surface area contributed by atoms with Crippen molar-refractivity contribution < 1.29 is 9.66 Å². The molecule has 0 unspecified atom stereocenters. The van der Waals surface area contributed by atoms with E-state index in [9.17, 15) is 10.1 Å². The van der Waals surface area contributed by atoms with Gasteiger partial charge in [-0.15, -0.1) is 0 Å². The summed E-state index contributed by atoms with van der Waals surface area (Å²) in [6.45, 7) is 3.57. The molecule has 0 spiro atoms. The quantitative estimate of drug-likeness (QED) is 0.540. The summed E-state index contributed by atoms with van der Waals surface area (Å²) in [7, 11) is 0. The van der Waals surface area contributed by atoms with Gasteiger partial charge < -0.3 is 4.74 Å². The first-order chi connectivity index (χ1) is 9.38. The third-order valence-corrected chi connectivity index (χ3v) is 3.91. The molecule has 104 valence electrons. The van der Waals surface area contributed by atoms with E-state index in [1.54, 1.807) is 25.1 Å². The van der Waals surface area contributed by atoms with Crippen molar-refractivity contribution >= 4 is 37.5 Å². The summed E-state index contributed by atoms with van der Waals surface area (Å²) < 4.78 is 7.08. The van der Waals surface area contributed by atoms with E-state index in [0.717, 1.165) is 10.2 Å². The van der Waals surface area contributed by atoms with Crippen LogP contribution in [0.1, 0.15) is 11.3 Å². The van der Waals surface area contributed by atoms with E-state index in [1.165, 1.54) is 6.07 Å². The lowest BCUT2D eigenvalue weighted by Crippen LogP contribution is -1.98. The lowest BCUT2D eigenvalue weighted by atomic mass is 10.2. The molecule has 1 heterocycles. The Morgan fingerprint density at radius 3 is 2.55 bits per heavy atom. The van der Waals surface area contributed by atoms with Gasteiger partial charge in [-0.1, -0.05) is 15.9 Å². The third kappa shape index (κ3) is 3.16. The first-order valence-electron chi connectivity index (χ1n) is 5.64. The van der Waals surface area contributed by atoms with Crippen molar-refractivity contribution in [3.8, 4) is 11.6 Å². The van der Waals surface area contributed by atoms with Gasteiger partial charge in [0.15, 0.2) is 0 Å². The van der Waals surface area contributed by atoms with Crippen LogP contribution < -0.4 is 4.74 Å². The maximum Gasteiger partial charge on any atom is 0.313 e. The molecule has 0 aliphatic rings. The smallest absolute Gasteiger partial charge is 0.313 e. The molecule has 1 aromatic heterocycles. The summed E-state index contributed by atoms with van der Waals surface area (Å²) >= 11 is 6.58. The average Bonchev–Trinajstić information content (AvgIpc) is 2.36. The SMILES string of the molecule is Cc1cc(Br)cc([N+](=O)[O-])c1Oc1ccc(Br)c(C)n1. The van der Waals surface area contributed by atoms with Gasteiger partial charge in [0.05, 0.1) is 10.6 Å². The second-order valence-electron chi connectivity index (χ2n) is 4.15. The molecule has 0 amide bonds. The lowest BCUT2D eigenvalue weighted by Gasteiger charge is -2.10. The molecule has 0 saturated carbocycles. The summed E-state index contributed by atoms with van der Waals surface area (Å²) in [5, 5.41) is 11.1. The van der Waals surface area contributed by atoms with Crippen LogP contribution in [-0.2, 0) is 0 Å². The Kier molecular flexibility index (Phi) is 4.39. The molecule has 2 aromatic rings. The summed E-state index contributed by atoms with van der Waals surface area (Å²) in [6, 6.07) is 6.61. The number of aromatic nitrogens is 1. The van der Waals surface area contributed by atoms with Crippen LogP contribution in [0.5, 0.6) is 11.6 Å². The van der Waals surface area contributed by atoms with Crippen molar-refractivity contribution in [1.82, 2.24) is 4.98 Å². The molecule has 0 N–H and O–H groups in total. The Morgan fingerprint density at radius 1 is 1.25 bits per heavy atom. The highest BCUT2D eigenvalue weighted by Crippen LogP contribution is 2.37. The van der Waals surface area contributed by atoms with Crippen LogP contribution in [0.4, 0.5) is 5.69 Å². The van der Waals surface area contributed by atoms with Crippen LogP contribution in [0.3, 0.4) is 0 Å². The number of nitro benzene ring substituents is 1. The molecule has 20 heavy (non-hydrogen) atoms. The summed E-state index contributed by atoms with van der Waals surface area (Å²) in [6.07, 6.45) is 0. The summed E-state index contributed by atoms with van der Waals surface area (Å²) in [5.41, 5.74) is 1.31. The molecule has 1 aromatic carbocycles. The van der Waals surface area contributed by atoms with Gasteiger partial charge >= 0.3 is 5.69 Å². The standard InChI is InChI=1S/C13H10Br2N2O3/c1-7-5-9(14)6-11(17(18)19)13(7)20-12-4-3-10(15)8(2)16-12/h3-6H,1-2H3. The normalized spacial score (nSPS) is 10.4. The zero-order chi connectivity index (χ0) is 14.9. The zero-order valence-electron chi connectivity index (χ0n) is 10.7. The number of aryl methyl sites for hydroxylation is 2. The van der Waals surface area contributed by atoms with Crippen molar-refractivity contribution in [3.05, 3.63) is 54.6 Å². The third-order valence-electron chi connectivity index (χ3n) is 2.62. The molecule has 2 rings (SSSR count). The molecule has 0 aliphatic heterocycles. The fourth-order valence-corrected chi connectivity index (χ4v) is 2.44. The van der Waals surface area contributed by atoms with Crippen molar-refractivity contribution in [2.45, 2.75) is 13.8 Å². The Morgan fingerprint density at radius 2 is 1.95 bits per heavy atom. The van der Waals surface area contributed by atoms with E-state index >= 15 is 0 Å². The number of nitrogens with zero attached hydrogens (tertiary/aromatic N) is 2. The van der Waals surface area contributed by atoms with E-state index < -0.39 is 4.92 Å². The highest BCUT2D eigenvalue weighted by atomic mass is 79.9. The number of ether oxygens (including phenoxy) is 1.